The lowest BCUT2D eigenvalue weighted by Gasteiger charge is -2.28. The average molecular weight is 419 g/mol. The van der Waals surface area contributed by atoms with Gasteiger partial charge >= 0.3 is 6.03 Å². The number of benzene rings is 2. The van der Waals surface area contributed by atoms with Gasteiger partial charge in [-0.2, -0.15) is 0 Å². The zero-order chi connectivity index (χ0) is 18.7. The molecule has 0 atom stereocenters. The predicted molar refractivity (Wildman–Crippen MR) is 105 cm³/mol. The third-order valence-corrected chi connectivity index (χ3v) is 5.10. The number of nitrogens with one attached hydrogen (secondary N) is 1. The zero-order valence-corrected chi connectivity index (χ0v) is 16.5. The van der Waals surface area contributed by atoms with Gasteiger partial charge in [-0.05, 0) is 29.8 Å². The molecule has 0 bridgehead atoms. The summed E-state index contributed by atoms with van der Waals surface area (Å²) in [6.07, 6.45) is 0. The first kappa shape index (κ1) is 18.6. The highest BCUT2D eigenvalue weighted by Gasteiger charge is 2.25. The Morgan fingerprint density at radius 3 is 2.88 bits per heavy atom. The van der Waals surface area contributed by atoms with Gasteiger partial charge in [-0.15, -0.1) is 0 Å². The number of carbonyl (C=O) groups is 1. The van der Waals surface area contributed by atoms with Crippen LogP contribution >= 0.6 is 15.9 Å². The van der Waals surface area contributed by atoms with Gasteiger partial charge in [-0.3, -0.25) is 0 Å². The number of aromatic hydroxyl groups is 1. The van der Waals surface area contributed by atoms with Crippen molar-refractivity contribution in [3.05, 3.63) is 58.1 Å². The Balaban J connectivity index is 1.65. The van der Waals surface area contributed by atoms with E-state index in [4.69, 9.17) is 4.74 Å². The first-order valence-electron chi connectivity index (χ1n) is 8.59. The van der Waals surface area contributed by atoms with E-state index in [1.807, 2.05) is 12.1 Å². The van der Waals surface area contributed by atoms with Crippen molar-refractivity contribution in [3.8, 4) is 11.5 Å². The van der Waals surface area contributed by atoms with Crippen LogP contribution in [0.1, 0.15) is 25.0 Å². The SMILES string of the molecule is CC(C)(CNC(=O)N1CCOc2cc(O)ccc2C1)c1cccc(Br)c1. The monoisotopic (exact) mass is 418 g/mol. The summed E-state index contributed by atoms with van der Waals surface area (Å²) in [7, 11) is 0. The Hall–Kier alpha value is -2.21. The van der Waals surface area contributed by atoms with Crippen LogP contribution < -0.4 is 10.1 Å². The normalized spacial score (nSPS) is 14.2. The van der Waals surface area contributed by atoms with E-state index in [2.05, 4.69) is 47.2 Å². The van der Waals surface area contributed by atoms with Crippen LogP contribution in [0.4, 0.5) is 4.79 Å². The van der Waals surface area contributed by atoms with E-state index in [9.17, 15) is 9.90 Å². The van der Waals surface area contributed by atoms with Crippen molar-refractivity contribution in [2.45, 2.75) is 25.8 Å². The number of ether oxygens (including phenoxy) is 1. The standard InChI is InChI=1S/C20H23BrN2O3/c1-20(2,15-4-3-5-16(21)10-15)13-22-19(25)23-8-9-26-18-11-17(24)7-6-14(18)12-23/h3-7,10-11,24H,8-9,12-13H2,1-2H3,(H,22,25). The molecule has 0 aliphatic carbocycles. The number of hydrogen-bond acceptors (Lipinski definition) is 3. The highest BCUT2D eigenvalue weighted by molar-refractivity contribution is 9.10. The lowest BCUT2D eigenvalue weighted by molar-refractivity contribution is 0.185. The highest BCUT2D eigenvalue weighted by atomic mass is 79.9. The van der Waals surface area contributed by atoms with Crippen molar-refractivity contribution >= 4 is 22.0 Å². The summed E-state index contributed by atoms with van der Waals surface area (Å²) >= 11 is 3.50. The molecule has 0 aromatic heterocycles. The zero-order valence-electron chi connectivity index (χ0n) is 15.0. The van der Waals surface area contributed by atoms with Crippen molar-refractivity contribution in [1.82, 2.24) is 10.2 Å². The van der Waals surface area contributed by atoms with Crippen LogP contribution in [0.2, 0.25) is 0 Å². The van der Waals surface area contributed by atoms with Crippen molar-refractivity contribution in [2.24, 2.45) is 0 Å². The van der Waals surface area contributed by atoms with Gasteiger partial charge in [0.25, 0.3) is 0 Å². The number of amides is 2. The number of carbonyl (C=O) groups excluding carboxylic acids is 1. The fourth-order valence-electron chi connectivity index (χ4n) is 2.95. The van der Waals surface area contributed by atoms with E-state index in [1.165, 1.54) is 0 Å². The third kappa shape index (κ3) is 4.30. The molecule has 138 valence electrons. The molecule has 2 aromatic rings. The first-order chi connectivity index (χ1) is 12.3. The van der Waals surface area contributed by atoms with Gasteiger partial charge < -0.3 is 20.1 Å². The molecule has 0 fully saturated rings. The Labute approximate surface area is 162 Å². The van der Waals surface area contributed by atoms with Crippen LogP contribution in [0.25, 0.3) is 0 Å². The van der Waals surface area contributed by atoms with Crippen molar-refractivity contribution in [1.29, 1.82) is 0 Å². The molecule has 1 aliphatic heterocycles. The molecule has 3 rings (SSSR count). The molecule has 0 unspecified atom stereocenters. The summed E-state index contributed by atoms with van der Waals surface area (Å²) in [4.78, 5) is 14.4. The molecule has 5 nitrogen and oxygen atoms in total. The van der Waals surface area contributed by atoms with Crippen molar-refractivity contribution in [3.63, 3.8) is 0 Å². The smallest absolute Gasteiger partial charge is 0.317 e. The van der Waals surface area contributed by atoms with E-state index in [-0.39, 0.29) is 17.2 Å². The number of rotatable bonds is 3. The molecule has 0 spiro atoms. The number of fused-ring (bicyclic) bond motifs is 1. The topological polar surface area (TPSA) is 61.8 Å². The molecule has 0 saturated heterocycles. The van der Waals surface area contributed by atoms with Crippen LogP contribution in [0.5, 0.6) is 11.5 Å². The van der Waals surface area contributed by atoms with Gasteiger partial charge in [-0.1, -0.05) is 41.9 Å². The number of phenols is 1. The number of urea groups is 1. The second-order valence-corrected chi connectivity index (χ2v) is 8.03. The summed E-state index contributed by atoms with van der Waals surface area (Å²) in [6.45, 7) is 6.11. The molecule has 1 heterocycles. The number of phenolic OH excluding ortho intramolecular Hbond substituents is 1. The average Bonchev–Trinajstić information content (AvgIpc) is 2.81. The van der Waals surface area contributed by atoms with E-state index in [1.54, 1.807) is 23.1 Å². The Morgan fingerprint density at radius 2 is 2.12 bits per heavy atom. The summed E-state index contributed by atoms with van der Waals surface area (Å²) in [5, 5.41) is 12.6. The van der Waals surface area contributed by atoms with Crippen LogP contribution in [0, 0.1) is 0 Å². The van der Waals surface area contributed by atoms with Crippen LogP contribution in [-0.2, 0) is 12.0 Å². The lowest BCUT2D eigenvalue weighted by Crippen LogP contribution is -2.45. The number of hydrogen-bond donors (Lipinski definition) is 2. The fourth-order valence-corrected chi connectivity index (χ4v) is 3.35. The molecule has 2 aromatic carbocycles. The van der Waals surface area contributed by atoms with Crippen LogP contribution in [-0.4, -0.2) is 35.7 Å². The van der Waals surface area contributed by atoms with Gasteiger partial charge in [0.2, 0.25) is 0 Å². The minimum atomic E-state index is -0.189. The van der Waals surface area contributed by atoms with Crippen molar-refractivity contribution < 1.29 is 14.6 Å². The van der Waals surface area contributed by atoms with Gasteiger partial charge in [0.05, 0.1) is 13.1 Å². The fraction of sp³-hybridized carbons (Fsp3) is 0.350. The third-order valence-electron chi connectivity index (χ3n) is 4.61. The van der Waals surface area contributed by atoms with Gasteiger partial charge in [0.15, 0.2) is 0 Å². The molecule has 2 amide bonds. The van der Waals surface area contributed by atoms with E-state index in [0.29, 0.717) is 32.0 Å². The number of halogens is 1. The lowest BCUT2D eigenvalue weighted by atomic mass is 9.85. The van der Waals surface area contributed by atoms with E-state index in [0.717, 1.165) is 15.6 Å². The molecule has 6 heteroatoms. The largest absolute Gasteiger partial charge is 0.508 e. The van der Waals surface area contributed by atoms with Gasteiger partial charge in [-0.25, -0.2) is 4.79 Å². The van der Waals surface area contributed by atoms with Gasteiger partial charge in [0.1, 0.15) is 18.1 Å². The second kappa shape index (κ2) is 7.58. The number of nitrogens with zero attached hydrogens (tertiary/aromatic N) is 1. The summed E-state index contributed by atoms with van der Waals surface area (Å²) < 4.78 is 6.68. The molecule has 1 aliphatic rings. The maximum atomic E-state index is 12.7. The summed E-state index contributed by atoms with van der Waals surface area (Å²) in [5.41, 5.74) is 1.86. The minimum Gasteiger partial charge on any atom is -0.508 e. The maximum Gasteiger partial charge on any atom is 0.317 e. The Morgan fingerprint density at radius 1 is 1.31 bits per heavy atom. The van der Waals surface area contributed by atoms with E-state index < -0.39 is 0 Å². The van der Waals surface area contributed by atoms with E-state index >= 15 is 0 Å². The molecule has 0 radical (unpaired) electrons. The molecule has 0 saturated carbocycles. The molecule has 2 N–H and O–H groups in total. The van der Waals surface area contributed by atoms with Crippen LogP contribution in [0.3, 0.4) is 0 Å². The van der Waals surface area contributed by atoms with Gasteiger partial charge in [0, 0.05) is 28.1 Å². The summed E-state index contributed by atoms with van der Waals surface area (Å²) in [5.74, 6) is 0.798. The summed E-state index contributed by atoms with van der Waals surface area (Å²) in [6, 6.07) is 13.0. The molecular formula is C20H23BrN2O3. The van der Waals surface area contributed by atoms with Crippen molar-refractivity contribution in [2.75, 3.05) is 19.7 Å². The predicted octanol–water partition coefficient (Wildman–Crippen LogP) is 4.04. The molecular weight excluding hydrogens is 396 g/mol. The maximum absolute atomic E-state index is 12.7. The minimum absolute atomic E-state index is 0.113. The highest BCUT2D eigenvalue weighted by Crippen LogP contribution is 2.28. The Bertz CT molecular complexity index is 807. The van der Waals surface area contributed by atoms with Crippen LogP contribution in [0.15, 0.2) is 46.9 Å². The quantitative estimate of drug-likeness (QED) is 0.790. The molecule has 26 heavy (non-hydrogen) atoms. The second-order valence-electron chi connectivity index (χ2n) is 7.11. The first-order valence-corrected chi connectivity index (χ1v) is 9.38. The Kier molecular flexibility index (Phi) is 5.41.